The molecular formula is C27H23NO6. The molecule has 1 fully saturated rings. The highest BCUT2D eigenvalue weighted by molar-refractivity contribution is 5.89. The number of hydrogen-bond acceptors (Lipinski definition) is 6. The van der Waals surface area contributed by atoms with Crippen molar-refractivity contribution < 1.29 is 28.6 Å². The van der Waals surface area contributed by atoms with Gasteiger partial charge in [0.2, 0.25) is 0 Å². The van der Waals surface area contributed by atoms with E-state index < -0.39 is 24.1 Å². The maximum atomic E-state index is 13.0. The quantitative estimate of drug-likeness (QED) is 0.418. The van der Waals surface area contributed by atoms with E-state index in [1.807, 2.05) is 36.4 Å². The molecule has 1 atom stereocenters. The van der Waals surface area contributed by atoms with Crippen LogP contribution in [0.25, 0.3) is 11.1 Å². The molecule has 0 bridgehead atoms. The molecule has 0 aromatic heterocycles. The van der Waals surface area contributed by atoms with E-state index in [4.69, 9.17) is 14.2 Å². The van der Waals surface area contributed by atoms with E-state index in [1.165, 1.54) is 4.90 Å². The van der Waals surface area contributed by atoms with Gasteiger partial charge in [0.1, 0.15) is 13.2 Å². The largest absolute Gasteiger partial charge is 0.460 e. The first kappa shape index (κ1) is 21.7. The highest BCUT2D eigenvalue weighted by atomic mass is 16.6. The first-order valence-corrected chi connectivity index (χ1v) is 11.1. The van der Waals surface area contributed by atoms with Gasteiger partial charge < -0.3 is 14.2 Å². The molecule has 3 aromatic rings. The van der Waals surface area contributed by atoms with Crippen LogP contribution in [0.5, 0.6) is 0 Å². The minimum absolute atomic E-state index is 0.0771. The number of fused-ring (bicyclic) bond motifs is 3. The Labute approximate surface area is 196 Å². The van der Waals surface area contributed by atoms with Crippen molar-refractivity contribution in [3.63, 3.8) is 0 Å². The molecule has 0 radical (unpaired) electrons. The lowest BCUT2D eigenvalue weighted by molar-refractivity contribution is -0.159. The van der Waals surface area contributed by atoms with Gasteiger partial charge in [0, 0.05) is 5.92 Å². The van der Waals surface area contributed by atoms with Crippen molar-refractivity contribution in [3.05, 3.63) is 95.6 Å². The molecule has 0 spiro atoms. The fraction of sp³-hybridized carbons (Fsp3) is 0.222. The summed E-state index contributed by atoms with van der Waals surface area (Å²) in [5.74, 6) is -1.06. The van der Waals surface area contributed by atoms with E-state index in [2.05, 4.69) is 12.1 Å². The van der Waals surface area contributed by atoms with Crippen LogP contribution in [-0.4, -0.2) is 48.9 Å². The summed E-state index contributed by atoms with van der Waals surface area (Å²) in [6.45, 7) is -0.232. The predicted octanol–water partition coefficient (Wildman–Crippen LogP) is 4.37. The van der Waals surface area contributed by atoms with Gasteiger partial charge in [-0.25, -0.2) is 9.59 Å². The van der Waals surface area contributed by atoms with E-state index in [1.54, 1.807) is 30.3 Å². The van der Waals surface area contributed by atoms with E-state index >= 15 is 0 Å². The fourth-order valence-electron chi connectivity index (χ4n) is 4.47. The number of hydrogen-bond donors (Lipinski definition) is 0. The number of esters is 2. The van der Waals surface area contributed by atoms with Crippen LogP contribution in [0.1, 0.15) is 33.8 Å². The second-order valence-electron chi connectivity index (χ2n) is 8.24. The van der Waals surface area contributed by atoms with Crippen LogP contribution in [0, 0.1) is 0 Å². The number of cyclic esters (lactones) is 1. The zero-order chi connectivity index (χ0) is 23.5. The molecule has 1 saturated heterocycles. The normalized spacial score (nSPS) is 16.9. The molecule has 2 aliphatic rings. The minimum Gasteiger partial charge on any atom is -0.460 e. The molecule has 0 unspecified atom stereocenters. The Balaban J connectivity index is 1.26. The van der Waals surface area contributed by atoms with Gasteiger partial charge in [-0.1, -0.05) is 66.7 Å². The maximum absolute atomic E-state index is 13.0. The summed E-state index contributed by atoms with van der Waals surface area (Å²) < 4.78 is 16.1. The molecule has 1 amide bonds. The van der Waals surface area contributed by atoms with Crippen molar-refractivity contribution in [2.45, 2.75) is 18.4 Å². The van der Waals surface area contributed by atoms with Gasteiger partial charge in [-0.05, 0) is 34.4 Å². The second kappa shape index (κ2) is 9.39. The number of benzene rings is 3. The highest BCUT2D eigenvalue weighted by Gasteiger charge is 2.35. The first-order valence-electron chi connectivity index (χ1n) is 11.1. The van der Waals surface area contributed by atoms with Gasteiger partial charge in [-0.2, -0.15) is 0 Å². The summed E-state index contributed by atoms with van der Waals surface area (Å²) in [4.78, 5) is 38.4. The minimum atomic E-state index is -0.662. The molecule has 7 heteroatoms. The second-order valence-corrected chi connectivity index (χ2v) is 8.24. The Bertz CT molecular complexity index is 1180. The Kier molecular flexibility index (Phi) is 5.99. The topological polar surface area (TPSA) is 82.1 Å². The third-order valence-corrected chi connectivity index (χ3v) is 6.19. The lowest BCUT2D eigenvalue weighted by Crippen LogP contribution is -2.50. The summed E-state index contributed by atoms with van der Waals surface area (Å²) in [5.41, 5.74) is 4.88. The fourth-order valence-corrected chi connectivity index (χ4v) is 4.47. The van der Waals surface area contributed by atoms with Gasteiger partial charge >= 0.3 is 18.0 Å². The third kappa shape index (κ3) is 4.24. The average Bonchev–Trinajstić information content (AvgIpc) is 3.20. The van der Waals surface area contributed by atoms with Crippen LogP contribution in [0.3, 0.4) is 0 Å². The molecule has 1 aliphatic carbocycles. The zero-order valence-electron chi connectivity index (χ0n) is 18.4. The van der Waals surface area contributed by atoms with Crippen molar-refractivity contribution >= 4 is 18.0 Å². The van der Waals surface area contributed by atoms with Gasteiger partial charge in [-0.3, -0.25) is 9.69 Å². The molecule has 1 heterocycles. The van der Waals surface area contributed by atoms with E-state index in [0.717, 1.165) is 22.3 Å². The number of carbonyl (C=O) groups is 3. The van der Waals surface area contributed by atoms with Crippen molar-refractivity contribution in [1.82, 2.24) is 4.90 Å². The molecule has 34 heavy (non-hydrogen) atoms. The predicted molar refractivity (Wildman–Crippen MR) is 123 cm³/mol. The molecule has 3 aromatic carbocycles. The monoisotopic (exact) mass is 457 g/mol. The number of rotatable bonds is 5. The van der Waals surface area contributed by atoms with Crippen LogP contribution in [0.4, 0.5) is 4.79 Å². The lowest BCUT2D eigenvalue weighted by Gasteiger charge is -2.33. The van der Waals surface area contributed by atoms with Crippen LogP contribution in [-0.2, 0) is 19.0 Å². The highest BCUT2D eigenvalue weighted by Crippen LogP contribution is 2.44. The van der Waals surface area contributed by atoms with Crippen LogP contribution < -0.4 is 0 Å². The number of nitrogens with zero attached hydrogens (tertiary/aromatic N) is 1. The van der Waals surface area contributed by atoms with Gasteiger partial charge in [-0.15, -0.1) is 0 Å². The molecule has 172 valence electrons. The average molecular weight is 457 g/mol. The van der Waals surface area contributed by atoms with Crippen molar-refractivity contribution in [1.29, 1.82) is 0 Å². The third-order valence-electron chi connectivity index (χ3n) is 6.19. The van der Waals surface area contributed by atoms with E-state index in [0.29, 0.717) is 5.56 Å². The van der Waals surface area contributed by atoms with Crippen molar-refractivity contribution in [3.8, 4) is 11.1 Å². The summed E-state index contributed by atoms with van der Waals surface area (Å²) in [6.07, 6.45) is -0.693. The van der Waals surface area contributed by atoms with Crippen molar-refractivity contribution in [2.24, 2.45) is 0 Å². The van der Waals surface area contributed by atoms with Crippen LogP contribution in [0.15, 0.2) is 78.9 Å². The standard InChI is InChI=1S/C27H23NO6/c29-25-14-19(15-32-26(30)18-8-2-1-3-9-18)28(17-34-25)27(31)33-16-24-22-12-6-4-10-20(22)21-11-5-7-13-23(21)24/h1-13,19,24H,14-17H2/t19-/m1/s1. The van der Waals surface area contributed by atoms with Gasteiger partial charge in [0.05, 0.1) is 18.0 Å². The smallest absolute Gasteiger partial charge is 0.412 e. The van der Waals surface area contributed by atoms with Gasteiger partial charge in [0.25, 0.3) is 0 Å². The van der Waals surface area contributed by atoms with Gasteiger partial charge in [0.15, 0.2) is 6.73 Å². The summed E-state index contributed by atoms with van der Waals surface area (Å²) in [5, 5.41) is 0. The van der Waals surface area contributed by atoms with E-state index in [-0.39, 0.29) is 32.3 Å². The molecule has 0 saturated carbocycles. The van der Waals surface area contributed by atoms with Crippen LogP contribution in [0.2, 0.25) is 0 Å². The summed E-state index contributed by atoms with van der Waals surface area (Å²) >= 11 is 0. The Morgan fingerprint density at radius 2 is 1.44 bits per heavy atom. The Morgan fingerprint density at radius 3 is 2.12 bits per heavy atom. The first-order chi connectivity index (χ1) is 16.6. The molecule has 1 aliphatic heterocycles. The summed E-state index contributed by atoms with van der Waals surface area (Å²) in [7, 11) is 0. The Morgan fingerprint density at radius 1 is 0.824 bits per heavy atom. The number of amides is 1. The number of carbonyl (C=O) groups excluding carboxylic acids is 3. The lowest BCUT2D eigenvalue weighted by atomic mass is 9.98. The van der Waals surface area contributed by atoms with E-state index in [9.17, 15) is 14.4 Å². The van der Waals surface area contributed by atoms with Crippen molar-refractivity contribution in [2.75, 3.05) is 19.9 Å². The molecule has 7 nitrogen and oxygen atoms in total. The van der Waals surface area contributed by atoms with Crippen LogP contribution >= 0.6 is 0 Å². The molecule has 0 N–H and O–H groups in total. The maximum Gasteiger partial charge on any atom is 0.412 e. The zero-order valence-corrected chi connectivity index (χ0v) is 18.4. The SMILES string of the molecule is O=C1C[C@H](COC(=O)c2ccccc2)N(C(=O)OCC2c3ccccc3-c3ccccc32)CO1. The Hall–Kier alpha value is -4.13. The molecule has 5 rings (SSSR count). The molecular weight excluding hydrogens is 434 g/mol. The number of ether oxygens (including phenoxy) is 3. The summed E-state index contributed by atoms with van der Waals surface area (Å²) in [6, 6.07) is 24.0.